The van der Waals surface area contributed by atoms with Crippen LogP contribution >= 0.6 is 23.2 Å². The van der Waals surface area contributed by atoms with E-state index in [1.54, 1.807) is 30.4 Å². The summed E-state index contributed by atoms with van der Waals surface area (Å²) in [5.74, 6) is -0.503. The van der Waals surface area contributed by atoms with E-state index in [0.29, 0.717) is 15.8 Å². The molecule has 1 aromatic carbocycles. The van der Waals surface area contributed by atoms with E-state index in [1.165, 1.54) is 6.07 Å². The second kappa shape index (κ2) is 9.87. The monoisotopic (exact) mass is 342 g/mol. The molecule has 2 amide bonds. The number of ether oxygens (including phenoxy) is 1. The molecule has 1 aromatic rings. The number of hydrogen-bond donors (Lipinski definition) is 2. The number of nitrogens with one attached hydrogen (secondary N) is 2. The summed E-state index contributed by atoms with van der Waals surface area (Å²) in [6.45, 7) is 1.59. The van der Waals surface area contributed by atoms with Gasteiger partial charge in [-0.3, -0.25) is 20.4 Å². The zero-order valence-corrected chi connectivity index (χ0v) is 13.4. The quantitative estimate of drug-likeness (QED) is 0.616. The first-order valence-electron chi connectivity index (χ1n) is 6.46. The maximum absolute atomic E-state index is 11.5. The highest BCUT2D eigenvalue weighted by atomic mass is 35.5. The number of rotatable bonds is 6. The average Bonchev–Trinajstić information content (AvgIpc) is 2.48. The average molecular weight is 343 g/mol. The van der Waals surface area contributed by atoms with Crippen LogP contribution in [0.2, 0.25) is 10.0 Å². The molecule has 2 N–H and O–H groups in total. The Balaban J connectivity index is 2.30. The van der Waals surface area contributed by atoms with Crippen LogP contribution in [0.25, 0.3) is 0 Å². The van der Waals surface area contributed by atoms with Gasteiger partial charge in [0.1, 0.15) is 5.75 Å². The van der Waals surface area contributed by atoms with Crippen molar-refractivity contribution in [2.24, 2.45) is 0 Å². The van der Waals surface area contributed by atoms with Crippen LogP contribution < -0.4 is 15.6 Å². The number of carbonyl (C=O) groups is 2. The van der Waals surface area contributed by atoms with Crippen LogP contribution in [-0.4, -0.2) is 18.4 Å². The van der Waals surface area contributed by atoms with Gasteiger partial charge in [-0.2, -0.15) is 0 Å². The van der Waals surface area contributed by atoms with Crippen LogP contribution in [0.15, 0.2) is 42.5 Å². The highest BCUT2D eigenvalue weighted by molar-refractivity contribution is 6.35. The smallest absolute Gasteiger partial charge is 0.276 e. The molecule has 0 aromatic heterocycles. The normalized spacial score (nSPS) is 10.9. The van der Waals surface area contributed by atoms with E-state index in [2.05, 4.69) is 10.9 Å². The molecule has 0 spiro atoms. The third-order valence-corrected chi connectivity index (χ3v) is 2.87. The molecule has 118 valence electrons. The number of halogens is 2. The minimum atomic E-state index is -0.503. The molecule has 0 aliphatic rings. The zero-order chi connectivity index (χ0) is 16.4. The first kappa shape index (κ1) is 18.1. The van der Waals surface area contributed by atoms with Gasteiger partial charge in [0, 0.05) is 11.4 Å². The second-order valence-corrected chi connectivity index (χ2v) is 4.96. The van der Waals surface area contributed by atoms with Crippen molar-refractivity contribution in [1.29, 1.82) is 0 Å². The Bertz CT molecular complexity index is 586. The van der Waals surface area contributed by atoms with E-state index in [-0.39, 0.29) is 18.9 Å². The van der Waals surface area contributed by atoms with Crippen molar-refractivity contribution in [1.82, 2.24) is 10.9 Å². The molecule has 0 aliphatic carbocycles. The highest BCUT2D eigenvalue weighted by Crippen LogP contribution is 2.27. The Morgan fingerprint density at radius 3 is 2.59 bits per heavy atom. The predicted octanol–water partition coefficient (Wildman–Crippen LogP) is 3.04. The van der Waals surface area contributed by atoms with Crippen LogP contribution in [-0.2, 0) is 9.59 Å². The largest absolute Gasteiger partial charge is 0.482 e. The third-order valence-electron chi connectivity index (χ3n) is 2.34. The third kappa shape index (κ3) is 7.15. The number of allylic oxidation sites excluding steroid dienone is 3. The van der Waals surface area contributed by atoms with Crippen molar-refractivity contribution in [3.8, 4) is 5.75 Å². The van der Waals surface area contributed by atoms with Gasteiger partial charge in [0.05, 0.1) is 5.02 Å². The molecule has 1 rings (SSSR count). The van der Waals surface area contributed by atoms with Gasteiger partial charge in [0.2, 0.25) is 5.91 Å². The lowest BCUT2D eigenvalue weighted by Crippen LogP contribution is -2.43. The topological polar surface area (TPSA) is 67.4 Å². The Morgan fingerprint density at radius 2 is 1.91 bits per heavy atom. The molecule has 0 fully saturated rings. The van der Waals surface area contributed by atoms with Gasteiger partial charge in [-0.05, 0) is 25.1 Å². The van der Waals surface area contributed by atoms with Crippen molar-refractivity contribution >= 4 is 35.0 Å². The van der Waals surface area contributed by atoms with Crippen molar-refractivity contribution in [3.63, 3.8) is 0 Å². The van der Waals surface area contributed by atoms with Gasteiger partial charge in [0.15, 0.2) is 6.61 Å². The predicted molar refractivity (Wildman–Crippen MR) is 86.8 cm³/mol. The zero-order valence-electron chi connectivity index (χ0n) is 11.9. The van der Waals surface area contributed by atoms with Crippen molar-refractivity contribution in [2.75, 3.05) is 6.61 Å². The van der Waals surface area contributed by atoms with E-state index >= 15 is 0 Å². The van der Waals surface area contributed by atoms with Crippen LogP contribution in [0.4, 0.5) is 0 Å². The van der Waals surface area contributed by atoms with Crippen molar-refractivity contribution < 1.29 is 14.3 Å². The lowest BCUT2D eigenvalue weighted by molar-refractivity contribution is -0.129. The molecule has 22 heavy (non-hydrogen) atoms. The van der Waals surface area contributed by atoms with Crippen molar-refractivity contribution in [3.05, 3.63) is 52.5 Å². The first-order chi connectivity index (χ1) is 10.5. The molecule has 0 unspecified atom stereocenters. The van der Waals surface area contributed by atoms with Gasteiger partial charge in [-0.1, -0.05) is 47.5 Å². The van der Waals surface area contributed by atoms with Crippen LogP contribution in [0.1, 0.15) is 13.3 Å². The Labute approximate surface area is 138 Å². The number of amides is 2. The fourth-order valence-corrected chi connectivity index (χ4v) is 1.79. The summed E-state index contributed by atoms with van der Waals surface area (Å²) < 4.78 is 5.22. The first-order valence-corrected chi connectivity index (χ1v) is 7.22. The SMILES string of the molecule is C/C=C\C=C\CC(=O)NNC(=O)COc1ccc(Cl)cc1Cl. The highest BCUT2D eigenvalue weighted by Gasteiger charge is 2.07. The minimum Gasteiger partial charge on any atom is -0.482 e. The number of hydrazine groups is 1. The molecular weight excluding hydrogens is 327 g/mol. The van der Waals surface area contributed by atoms with E-state index < -0.39 is 5.91 Å². The van der Waals surface area contributed by atoms with Gasteiger partial charge in [-0.25, -0.2) is 0 Å². The Hall–Kier alpha value is -1.98. The maximum Gasteiger partial charge on any atom is 0.276 e. The van der Waals surface area contributed by atoms with E-state index in [0.717, 1.165) is 0 Å². The number of hydrogen-bond acceptors (Lipinski definition) is 3. The molecule has 0 aliphatic heterocycles. The van der Waals surface area contributed by atoms with Gasteiger partial charge in [0.25, 0.3) is 5.91 Å². The summed E-state index contributed by atoms with van der Waals surface area (Å²) in [6, 6.07) is 4.66. The Kier molecular flexibility index (Phi) is 8.10. The molecule has 0 atom stereocenters. The summed E-state index contributed by atoms with van der Waals surface area (Å²) in [5, 5.41) is 0.776. The minimum absolute atomic E-state index is 0.161. The van der Waals surface area contributed by atoms with Gasteiger partial charge < -0.3 is 4.74 Å². The maximum atomic E-state index is 11.5. The summed E-state index contributed by atoms with van der Waals surface area (Å²) >= 11 is 11.6. The van der Waals surface area contributed by atoms with Gasteiger partial charge >= 0.3 is 0 Å². The fourth-order valence-electron chi connectivity index (χ4n) is 1.33. The molecule has 0 bridgehead atoms. The standard InChI is InChI=1S/C15H16Cl2N2O3/c1-2-3-4-5-6-14(20)18-19-15(21)10-22-13-8-7-11(16)9-12(13)17/h2-5,7-9H,6,10H2,1H3,(H,18,20)(H,19,21)/b3-2-,5-4+. The molecule has 0 saturated heterocycles. The van der Waals surface area contributed by atoms with E-state index in [4.69, 9.17) is 27.9 Å². The van der Waals surface area contributed by atoms with Crippen molar-refractivity contribution in [2.45, 2.75) is 13.3 Å². The molecule has 0 heterocycles. The molecule has 7 heteroatoms. The lowest BCUT2D eigenvalue weighted by Gasteiger charge is -2.09. The van der Waals surface area contributed by atoms with Crippen LogP contribution in [0.3, 0.4) is 0 Å². The Morgan fingerprint density at radius 1 is 1.18 bits per heavy atom. The van der Waals surface area contributed by atoms with E-state index in [9.17, 15) is 9.59 Å². The van der Waals surface area contributed by atoms with Crippen LogP contribution in [0.5, 0.6) is 5.75 Å². The fraction of sp³-hybridized carbons (Fsp3) is 0.200. The number of benzene rings is 1. The summed E-state index contributed by atoms with van der Waals surface area (Å²) in [6.07, 6.45) is 7.22. The molecule has 0 saturated carbocycles. The second-order valence-electron chi connectivity index (χ2n) is 4.12. The molecule has 0 radical (unpaired) electrons. The summed E-state index contributed by atoms with van der Waals surface area (Å²) in [4.78, 5) is 22.9. The van der Waals surface area contributed by atoms with Gasteiger partial charge in [-0.15, -0.1) is 0 Å². The molecular formula is C15H16Cl2N2O3. The van der Waals surface area contributed by atoms with E-state index in [1.807, 2.05) is 13.0 Å². The lowest BCUT2D eigenvalue weighted by atomic mass is 10.3. The number of carbonyl (C=O) groups excluding carboxylic acids is 2. The summed E-state index contributed by atoms with van der Waals surface area (Å²) in [5.41, 5.74) is 4.51. The summed E-state index contributed by atoms with van der Waals surface area (Å²) in [7, 11) is 0. The molecule has 5 nitrogen and oxygen atoms in total. The van der Waals surface area contributed by atoms with Crippen LogP contribution in [0, 0.1) is 0 Å².